The Balaban J connectivity index is 1.41. The normalized spacial score (nSPS) is 15.0. The summed E-state index contributed by atoms with van der Waals surface area (Å²) >= 11 is 0. The summed E-state index contributed by atoms with van der Waals surface area (Å²) in [5.41, 5.74) is 3.55. The number of carbonyl (C=O) groups is 3. The number of amides is 4. The van der Waals surface area contributed by atoms with E-state index in [0.717, 1.165) is 27.1 Å². The third-order valence-corrected chi connectivity index (χ3v) is 6.11. The molecule has 7 nitrogen and oxygen atoms in total. The van der Waals surface area contributed by atoms with E-state index in [-0.39, 0.29) is 12.1 Å². The molecule has 1 aliphatic heterocycles. The number of rotatable bonds is 7. The summed E-state index contributed by atoms with van der Waals surface area (Å²) in [6, 6.07) is 24.1. The predicted octanol–water partition coefficient (Wildman–Crippen LogP) is 4.69. The van der Waals surface area contributed by atoms with Crippen LogP contribution in [0.3, 0.4) is 0 Å². The third kappa shape index (κ3) is 4.77. The van der Waals surface area contributed by atoms with Crippen molar-refractivity contribution >= 4 is 34.8 Å². The van der Waals surface area contributed by atoms with Gasteiger partial charge in [-0.25, -0.2) is 4.79 Å². The van der Waals surface area contributed by atoms with E-state index in [1.165, 1.54) is 5.56 Å². The second-order valence-corrected chi connectivity index (χ2v) is 8.65. The van der Waals surface area contributed by atoms with Crippen LogP contribution in [0.25, 0.3) is 17.0 Å². The molecule has 1 aliphatic rings. The lowest BCUT2D eigenvalue weighted by Crippen LogP contribution is -2.53. The molecule has 4 amide bonds. The highest BCUT2D eigenvalue weighted by atomic mass is 16.5. The van der Waals surface area contributed by atoms with Crippen molar-refractivity contribution in [1.82, 2.24) is 14.8 Å². The highest BCUT2D eigenvalue weighted by molar-refractivity contribution is 6.31. The Morgan fingerprint density at radius 3 is 2.39 bits per heavy atom. The minimum absolute atomic E-state index is 0.0776. The molecule has 0 unspecified atom stereocenters. The summed E-state index contributed by atoms with van der Waals surface area (Å²) in [5, 5.41) is 3.19. The minimum Gasteiger partial charge on any atom is -0.492 e. The summed E-state index contributed by atoms with van der Waals surface area (Å²) in [5.74, 6) is -0.520. The molecule has 1 saturated heterocycles. The molecule has 3 aromatic carbocycles. The van der Waals surface area contributed by atoms with Gasteiger partial charge in [0.2, 0.25) is 0 Å². The highest BCUT2D eigenvalue weighted by Crippen LogP contribution is 2.25. The number of para-hydroxylation sites is 1. The van der Waals surface area contributed by atoms with E-state index in [2.05, 4.69) is 5.32 Å². The molecule has 1 fully saturated rings. The first-order chi connectivity index (χ1) is 17.5. The van der Waals surface area contributed by atoms with E-state index in [0.29, 0.717) is 18.7 Å². The van der Waals surface area contributed by atoms with Crippen LogP contribution in [-0.4, -0.2) is 33.9 Å². The first kappa shape index (κ1) is 23.1. The smallest absolute Gasteiger partial charge is 0.331 e. The van der Waals surface area contributed by atoms with Gasteiger partial charge < -0.3 is 9.30 Å². The summed E-state index contributed by atoms with van der Waals surface area (Å²) in [7, 11) is 0. The zero-order chi connectivity index (χ0) is 25.1. The van der Waals surface area contributed by atoms with Crippen LogP contribution in [-0.2, 0) is 22.7 Å². The van der Waals surface area contributed by atoms with Crippen molar-refractivity contribution in [2.24, 2.45) is 0 Å². The van der Waals surface area contributed by atoms with Gasteiger partial charge in [-0.15, -0.1) is 0 Å². The Labute approximate surface area is 208 Å². The van der Waals surface area contributed by atoms with Gasteiger partial charge in [0.05, 0.1) is 13.1 Å². The molecule has 0 radical (unpaired) electrons. The van der Waals surface area contributed by atoms with E-state index < -0.39 is 17.8 Å². The second kappa shape index (κ2) is 9.92. The van der Waals surface area contributed by atoms with Gasteiger partial charge >= 0.3 is 6.03 Å². The number of carbonyl (C=O) groups excluding carboxylic acids is 3. The molecule has 1 N–H and O–H groups in total. The molecule has 0 atom stereocenters. The lowest BCUT2D eigenvalue weighted by molar-refractivity contribution is -0.130. The number of fused-ring (bicyclic) bond motifs is 1. The van der Waals surface area contributed by atoms with Crippen molar-refractivity contribution in [1.29, 1.82) is 0 Å². The molecule has 7 heteroatoms. The lowest BCUT2D eigenvalue weighted by Gasteiger charge is -2.26. The maximum Gasteiger partial charge on any atom is 0.331 e. The number of barbiturate groups is 1. The highest BCUT2D eigenvalue weighted by Gasteiger charge is 2.35. The van der Waals surface area contributed by atoms with E-state index >= 15 is 0 Å². The van der Waals surface area contributed by atoms with Gasteiger partial charge in [0.25, 0.3) is 11.8 Å². The van der Waals surface area contributed by atoms with Crippen molar-refractivity contribution in [2.75, 3.05) is 6.61 Å². The molecule has 4 aromatic rings. The quantitative estimate of drug-likeness (QED) is 0.308. The molecule has 36 heavy (non-hydrogen) atoms. The van der Waals surface area contributed by atoms with Crippen LogP contribution < -0.4 is 10.1 Å². The minimum atomic E-state index is -0.721. The SMILES string of the molecule is Cc1ccc(OCCn2cc(C=C3C(=O)NC(=O)N(Cc4ccccc4)C3=O)c3ccccc32)cc1. The Morgan fingerprint density at radius 2 is 1.61 bits per heavy atom. The Kier molecular flexibility index (Phi) is 6.36. The van der Waals surface area contributed by atoms with Gasteiger partial charge in [0.15, 0.2) is 0 Å². The molecule has 0 bridgehead atoms. The average Bonchev–Trinajstić information content (AvgIpc) is 3.23. The number of aromatic nitrogens is 1. The standard InChI is InChI=1S/C29H25N3O4/c1-20-11-13-23(14-12-20)36-16-15-31-19-22(24-9-5-6-10-26(24)31)17-25-27(33)30-29(35)32(28(25)34)18-21-7-3-2-4-8-21/h2-14,17,19H,15-16,18H2,1H3,(H,30,33,35). The van der Waals surface area contributed by atoms with E-state index in [4.69, 9.17) is 4.74 Å². The van der Waals surface area contributed by atoms with Crippen molar-refractivity contribution < 1.29 is 19.1 Å². The van der Waals surface area contributed by atoms with Gasteiger partial charge in [-0.2, -0.15) is 0 Å². The third-order valence-electron chi connectivity index (χ3n) is 6.11. The summed E-state index contributed by atoms with van der Waals surface area (Å²) in [4.78, 5) is 39.3. The van der Waals surface area contributed by atoms with Crippen molar-refractivity contribution in [3.05, 3.63) is 107 Å². The molecule has 180 valence electrons. The Morgan fingerprint density at radius 1 is 0.889 bits per heavy atom. The fraction of sp³-hybridized carbons (Fsp3) is 0.138. The van der Waals surface area contributed by atoms with Crippen LogP contribution in [0.1, 0.15) is 16.7 Å². The number of aryl methyl sites for hydroxylation is 1. The number of urea groups is 1. The van der Waals surface area contributed by atoms with Crippen molar-refractivity contribution in [3.8, 4) is 5.75 Å². The zero-order valence-corrected chi connectivity index (χ0v) is 19.8. The molecular formula is C29H25N3O4. The maximum absolute atomic E-state index is 13.2. The first-order valence-electron chi connectivity index (χ1n) is 11.7. The van der Waals surface area contributed by atoms with Crippen LogP contribution in [0.15, 0.2) is 90.6 Å². The monoisotopic (exact) mass is 479 g/mol. The van der Waals surface area contributed by atoms with Crippen LogP contribution in [0.4, 0.5) is 4.79 Å². The number of nitrogens with zero attached hydrogens (tertiary/aromatic N) is 2. The Hall–Kier alpha value is -4.65. The van der Waals surface area contributed by atoms with Gasteiger partial charge in [0, 0.05) is 22.7 Å². The molecule has 0 spiro atoms. The molecule has 1 aromatic heterocycles. The topological polar surface area (TPSA) is 80.6 Å². The van der Waals surface area contributed by atoms with Crippen molar-refractivity contribution in [3.63, 3.8) is 0 Å². The second-order valence-electron chi connectivity index (χ2n) is 8.65. The number of ether oxygens (including phenoxy) is 1. The first-order valence-corrected chi connectivity index (χ1v) is 11.7. The summed E-state index contributed by atoms with van der Waals surface area (Å²) in [6.07, 6.45) is 3.45. The van der Waals surface area contributed by atoms with Gasteiger partial charge in [-0.3, -0.25) is 19.8 Å². The zero-order valence-electron chi connectivity index (χ0n) is 19.8. The van der Waals surface area contributed by atoms with Gasteiger partial charge in [-0.1, -0.05) is 66.2 Å². The molecular weight excluding hydrogens is 454 g/mol. The van der Waals surface area contributed by atoms with E-state index in [9.17, 15) is 14.4 Å². The molecule has 2 heterocycles. The van der Waals surface area contributed by atoms with E-state index in [1.807, 2.05) is 96.6 Å². The number of benzene rings is 3. The van der Waals surface area contributed by atoms with Crippen LogP contribution in [0, 0.1) is 6.92 Å². The number of hydrogen-bond donors (Lipinski definition) is 1. The summed E-state index contributed by atoms with van der Waals surface area (Å²) < 4.78 is 7.93. The lowest BCUT2D eigenvalue weighted by atomic mass is 10.1. The van der Waals surface area contributed by atoms with Gasteiger partial charge in [0.1, 0.15) is 17.9 Å². The largest absolute Gasteiger partial charge is 0.492 e. The number of imide groups is 2. The van der Waals surface area contributed by atoms with Crippen LogP contribution in [0.2, 0.25) is 0 Å². The fourth-order valence-electron chi connectivity index (χ4n) is 4.23. The number of hydrogen-bond acceptors (Lipinski definition) is 4. The predicted molar refractivity (Wildman–Crippen MR) is 137 cm³/mol. The van der Waals surface area contributed by atoms with Gasteiger partial charge in [-0.05, 0) is 36.8 Å². The Bertz CT molecular complexity index is 1470. The molecule has 5 rings (SSSR count). The van der Waals surface area contributed by atoms with Crippen molar-refractivity contribution in [2.45, 2.75) is 20.0 Å². The average molecular weight is 480 g/mol. The van der Waals surface area contributed by atoms with Crippen LogP contribution in [0.5, 0.6) is 5.75 Å². The maximum atomic E-state index is 13.2. The van der Waals surface area contributed by atoms with E-state index in [1.54, 1.807) is 6.08 Å². The van der Waals surface area contributed by atoms with Crippen LogP contribution >= 0.6 is 0 Å². The molecule has 0 aliphatic carbocycles. The fourth-order valence-corrected chi connectivity index (χ4v) is 4.23. The number of nitrogens with one attached hydrogen (secondary N) is 1. The summed E-state index contributed by atoms with van der Waals surface area (Å²) in [6.45, 7) is 3.14. The molecule has 0 saturated carbocycles.